The number of rotatable bonds is 6. The van der Waals surface area contributed by atoms with E-state index in [4.69, 9.17) is 5.73 Å². The van der Waals surface area contributed by atoms with Crippen molar-refractivity contribution >= 4 is 0 Å². The smallest absolute Gasteiger partial charge is 0.0307 e. The maximum atomic E-state index is 6.25. The molecule has 0 aliphatic carbocycles. The van der Waals surface area contributed by atoms with Crippen LogP contribution in [-0.4, -0.2) is 25.0 Å². The minimum absolute atomic E-state index is 0.160. The Morgan fingerprint density at radius 1 is 1.12 bits per heavy atom. The van der Waals surface area contributed by atoms with Gasteiger partial charge < -0.3 is 10.6 Å². The first-order valence-electron chi connectivity index (χ1n) is 6.55. The normalized spacial score (nSPS) is 13.1. The molecule has 0 radical (unpaired) electrons. The maximum Gasteiger partial charge on any atom is 0.0307 e. The van der Waals surface area contributed by atoms with E-state index in [-0.39, 0.29) is 6.04 Å². The predicted molar refractivity (Wildman–Crippen MR) is 75.2 cm³/mol. The number of hydrogen-bond acceptors (Lipinski definition) is 2. The van der Waals surface area contributed by atoms with Crippen molar-refractivity contribution in [1.82, 2.24) is 4.90 Å². The summed E-state index contributed by atoms with van der Waals surface area (Å²) in [5, 5.41) is 0. The molecule has 0 aliphatic heterocycles. The Labute approximate surface area is 106 Å². The van der Waals surface area contributed by atoms with E-state index in [1.54, 1.807) is 0 Å². The van der Waals surface area contributed by atoms with Crippen LogP contribution in [0.25, 0.3) is 0 Å². The van der Waals surface area contributed by atoms with Gasteiger partial charge in [0.25, 0.3) is 0 Å². The Balaban J connectivity index is 2.54. The van der Waals surface area contributed by atoms with Crippen LogP contribution in [-0.2, 0) is 0 Å². The molecule has 0 amide bonds. The molecule has 2 heteroatoms. The Morgan fingerprint density at radius 3 is 2.24 bits per heavy atom. The van der Waals surface area contributed by atoms with Gasteiger partial charge in [-0.15, -0.1) is 0 Å². The topological polar surface area (TPSA) is 29.3 Å². The molecule has 2 N–H and O–H groups in total. The summed E-state index contributed by atoms with van der Waals surface area (Å²) >= 11 is 0. The van der Waals surface area contributed by atoms with Gasteiger partial charge in [-0.2, -0.15) is 0 Å². The summed E-state index contributed by atoms with van der Waals surface area (Å²) in [6.07, 6.45) is 2.23. The summed E-state index contributed by atoms with van der Waals surface area (Å²) < 4.78 is 0. The summed E-state index contributed by atoms with van der Waals surface area (Å²) in [6, 6.07) is 6.77. The quantitative estimate of drug-likeness (QED) is 0.819. The summed E-state index contributed by atoms with van der Waals surface area (Å²) in [5.41, 5.74) is 10.1. The molecule has 0 aromatic heterocycles. The lowest BCUT2D eigenvalue weighted by Gasteiger charge is -2.19. The minimum atomic E-state index is 0.160. The SMILES string of the molecule is CCCN(C)CCC(N)c1cc(C)cc(C)c1. The van der Waals surface area contributed by atoms with E-state index in [1.165, 1.54) is 23.1 Å². The van der Waals surface area contributed by atoms with Crippen LogP contribution in [0.4, 0.5) is 0 Å². The van der Waals surface area contributed by atoms with Gasteiger partial charge in [-0.1, -0.05) is 36.2 Å². The van der Waals surface area contributed by atoms with E-state index in [9.17, 15) is 0 Å². The Hall–Kier alpha value is -0.860. The highest BCUT2D eigenvalue weighted by Crippen LogP contribution is 2.17. The lowest BCUT2D eigenvalue weighted by atomic mass is 10.00. The van der Waals surface area contributed by atoms with Gasteiger partial charge in [-0.25, -0.2) is 0 Å². The summed E-state index contributed by atoms with van der Waals surface area (Å²) in [4.78, 5) is 2.35. The minimum Gasteiger partial charge on any atom is -0.324 e. The third kappa shape index (κ3) is 4.88. The fraction of sp³-hybridized carbons (Fsp3) is 0.600. The molecule has 1 aromatic rings. The molecule has 1 rings (SSSR count). The molecule has 0 spiro atoms. The average Bonchev–Trinajstić information content (AvgIpc) is 2.25. The summed E-state index contributed by atoms with van der Waals surface area (Å²) in [5.74, 6) is 0. The standard InChI is InChI=1S/C15H26N2/c1-5-7-17(4)8-6-15(16)14-10-12(2)9-13(3)11-14/h9-11,15H,5-8,16H2,1-4H3. The summed E-state index contributed by atoms with van der Waals surface area (Å²) in [6.45, 7) is 8.70. The highest BCUT2D eigenvalue weighted by molar-refractivity contribution is 5.30. The zero-order chi connectivity index (χ0) is 12.8. The second kappa shape index (κ2) is 6.77. The number of aryl methyl sites for hydroxylation is 2. The van der Waals surface area contributed by atoms with Crippen LogP contribution in [0.5, 0.6) is 0 Å². The summed E-state index contributed by atoms with van der Waals surface area (Å²) in [7, 11) is 2.16. The highest BCUT2D eigenvalue weighted by atomic mass is 15.1. The molecule has 0 saturated heterocycles. The third-order valence-electron chi connectivity index (χ3n) is 3.10. The molecule has 0 fully saturated rings. The van der Waals surface area contributed by atoms with Crippen molar-refractivity contribution in [1.29, 1.82) is 0 Å². The van der Waals surface area contributed by atoms with Gasteiger partial charge in [0.15, 0.2) is 0 Å². The van der Waals surface area contributed by atoms with Gasteiger partial charge in [0.05, 0.1) is 0 Å². The van der Waals surface area contributed by atoms with Crippen molar-refractivity contribution in [2.75, 3.05) is 20.1 Å². The molecule has 0 aliphatic rings. The van der Waals surface area contributed by atoms with Crippen LogP contribution in [0.15, 0.2) is 18.2 Å². The van der Waals surface area contributed by atoms with Crippen LogP contribution < -0.4 is 5.73 Å². The molecule has 96 valence electrons. The molecule has 2 nitrogen and oxygen atoms in total. The zero-order valence-corrected chi connectivity index (χ0v) is 11.7. The van der Waals surface area contributed by atoms with Crippen LogP contribution >= 0.6 is 0 Å². The van der Waals surface area contributed by atoms with E-state index in [1.807, 2.05) is 0 Å². The van der Waals surface area contributed by atoms with E-state index in [0.29, 0.717) is 0 Å². The van der Waals surface area contributed by atoms with Crippen LogP contribution in [0.3, 0.4) is 0 Å². The van der Waals surface area contributed by atoms with Gasteiger partial charge in [0.2, 0.25) is 0 Å². The number of nitrogens with two attached hydrogens (primary N) is 1. The first kappa shape index (κ1) is 14.2. The molecule has 1 atom stereocenters. The first-order chi connectivity index (χ1) is 8.02. The second-order valence-corrected chi connectivity index (χ2v) is 5.12. The van der Waals surface area contributed by atoms with E-state index >= 15 is 0 Å². The molecule has 0 bridgehead atoms. The number of nitrogens with zero attached hydrogens (tertiary/aromatic N) is 1. The highest BCUT2D eigenvalue weighted by Gasteiger charge is 2.08. The van der Waals surface area contributed by atoms with Crippen LogP contribution in [0, 0.1) is 13.8 Å². The molecule has 1 unspecified atom stereocenters. The van der Waals surface area contributed by atoms with Crippen molar-refractivity contribution < 1.29 is 0 Å². The van der Waals surface area contributed by atoms with E-state index in [2.05, 4.69) is 50.9 Å². The zero-order valence-electron chi connectivity index (χ0n) is 11.7. The van der Waals surface area contributed by atoms with Crippen LogP contribution in [0.1, 0.15) is 42.5 Å². The molecule has 1 aromatic carbocycles. The van der Waals surface area contributed by atoms with Crippen LogP contribution in [0.2, 0.25) is 0 Å². The third-order valence-corrected chi connectivity index (χ3v) is 3.10. The van der Waals surface area contributed by atoms with E-state index in [0.717, 1.165) is 19.5 Å². The van der Waals surface area contributed by atoms with Gasteiger partial charge in [-0.3, -0.25) is 0 Å². The molecular weight excluding hydrogens is 208 g/mol. The molecule has 0 saturated carbocycles. The Bertz CT molecular complexity index is 327. The van der Waals surface area contributed by atoms with E-state index < -0.39 is 0 Å². The Morgan fingerprint density at radius 2 is 1.71 bits per heavy atom. The average molecular weight is 234 g/mol. The first-order valence-corrected chi connectivity index (χ1v) is 6.55. The lowest BCUT2D eigenvalue weighted by molar-refractivity contribution is 0.319. The van der Waals surface area contributed by atoms with Gasteiger partial charge in [0, 0.05) is 6.04 Å². The van der Waals surface area contributed by atoms with Gasteiger partial charge in [-0.05, 0) is 52.4 Å². The van der Waals surface area contributed by atoms with Crippen molar-refractivity contribution in [2.45, 2.75) is 39.7 Å². The van der Waals surface area contributed by atoms with Crippen molar-refractivity contribution in [3.63, 3.8) is 0 Å². The molecule has 17 heavy (non-hydrogen) atoms. The fourth-order valence-corrected chi connectivity index (χ4v) is 2.24. The van der Waals surface area contributed by atoms with Gasteiger partial charge >= 0.3 is 0 Å². The largest absolute Gasteiger partial charge is 0.324 e. The fourth-order valence-electron chi connectivity index (χ4n) is 2.24. The van der Waals surface area contributed by atoms with Crippen molar-refractivity contribution in [2.24, 2.45) is 5.73 Å². The maximum absolute atomic E-state index is 6.25. The molecular formula is C15H26N2. The number of benzene rings is 1. The molecule has 0 heterocycles. The van der Waals surface area contributed by atoms with Crippen molar-refractivity contribution in [3.05, 3.63) is 34.9 Å². The van der Waals surface area contributed by atoms with Crippen molar-refractivity contribution in [3.8, 4) is 0 Å². The number of hydrogen-bond donors (Lipinski definition) is 1. The van der Waals surface area contributed by atoms with Gasteiger partial charge in [0.1, 0.15) is 0 Å². The Kier molecular flexibility index (Phi) is 5.66. The lowest BCUT2D eigenvalue weighted by Crippen LogP contribution is -2.24. The monoisotopic (exact) mass is 234 g/mol. The second-order valence-electron chi connectivity index (χ2n) is 5.12. The predicted octanol–water partition coefficient (Wildman–Crippen LogP) is 3.04.